The van der Waals surface area contributed by atoms with Gasteiger partial charge in [0.15, 0.2) is 0 Å². The summed E-state index contributed by atoms with van der Waals surface area (Å²) in [5.74, 6) is -0.0690. The van der Waals surface area contributed by atoms with Crippen molar-refractivity contribution in [1.29, 1.82) is 0 Å². The molecule has 0 aromatic carbocycles. The topological polar surface area (TPSA) is 26.3 Å². The highest BCUT2D eigenvalue weighted by atomic mass is 79.9. The Bertz CT molecular complexity index is 519. The molecule has 0 fully saturated rings. The lowest BCUT2D eigenvalue weighted by atomic mass is 10.1. The van der Waals surface area contributed by atoms with Crippen LogP contribution in [-0.4, -0.2) is 43.2 Å². The van der Waals surface area contributed by atoms with Gasteiger partial charge < -0.3 is 26.2 Å². The summed E-state index contributed by atoms with van der Waals surface area (Å²) in [6.07, 6.45) is 12.5. The first-order valence-corrected chi connectivity index (χ1v) is 11.2. The first-order valence-electron chi connectivity index (χ1n) is 11.2. The average molecular weight is 473 g/mol. The lowest BCUT2D eigenvalue weighted by molar-refractivity contribution is -0.923. The van der Waals surface area contributed by atoms with Crippen LogP contribution < -0.4 is 17.0 Å². The number of ether oxygens (including phenoxy) is 1. The lowest BCUT2D eigenvalue weighted by Crippen LogP contribution is -3.00. The summed E-state index contributed by atoms with van der Waals surface area (Å²) in [5.41, 5.74) is 4.22. The van der Waals surface area contributed by atoms with Crippen LogP contribution in [0.25, 0.3) is 0 Å². The van der Waals surface area contributed by atoms with E-state index in [-0.39, 0.29) is 23.0 Å². The number of rotatable bonds is 15. The third-order valence-electron chi connectivity index (χ3n) is 5.81. The Morgan fingerprint density at radius 3 is 1.66 bits per heavy atom. The fourth-order valence-corrected chi connectivity index (χ4v) is 3.35. The van der Waals surface area contributed by atoms with E-state index in [4.69, 9.17) is 4.74 Å². The quantitative estimate of drug-likeness (QED) is 0.207. The Kier molecular flexibility index (Phi) is 18.8. The molecule has 0 saturated heterocycles. The van der Waals surface area contributed by atoms with E-state index in [2.05, 4.69) is 66.7 Å². The van der Waals surface area contributed by atoms with Crippen molar-refractivity contribution in [3.8, 4) is 0 Å². The van der Waals surface area contributed by atoms with Gasteiger partial charge in [-0.3, -0.25) is 4.79 Å². The molecule has 0 bridgehead atoms. The van der Waals surface area contributed by atoms with Gasteiger partial charge in [-0.25, -0.2) is 0 Å². The van der Waals surface area contributed by atoms with Gasteiger partial charge in [0.1, 0.15) is 13.2 Å². The Balaban J connectivity index is 0. The summed E-state index contributed by atoms with van der Waals surface area (Å²) in [5, 5.41) is 0. The average Bonchev–Trinajstić information content (AvgIpc) is 2.65. The van der Waals surface area contributed by atoms with Gasteiger partial charge in [-0.15, -0.1) is 0 Å². The molecule has 0 amide bonds. The fourth-order valence-electron chi connectivity index (χ4n) is 3.35. The fraction of sp³-hybridized carbons (Fsp3) is 0.720. The number of quaternary nitrogens is 1. The number of halogens is 1. The predicted molar refractivity (Wildman–Crippen MR) is 122 cm³/mol. The third kappa shape index (κ3) is 15.6. The van der Waals surface area contributed by atoms with Gasteiger partial charge in [0.25, 0.3) is 0 Å². The molecule has 0 saturated carbocycles. The molecule has 3 nitrogen and oxygen atoms in total. The van der Waals surface area contributed by atoms with Crippen molar-refractivity contribution in [1.82, 2.24) is 0 Å². The van der Waals surface area contributed by atoms with E-state index < -0.39 is 0 Å². The largest absolute Gasteiger partial charge is 1.00 e. The summed E-state index contributed by atoms with van der Waals surface area (Å²) >= 11 is 0. The Labute approximate surface area is 191 Å². The summed E-state index contributed by atoms with van der Waals surface area (Å²) in [6.45, 7) is 20.0. The van der Waals surface area contributed by atoms with Gasteiger partial charge in [0.2, 0.25) is 0 Å². The number of hydrogen-bond acceptors (Lipinski definition) is 2. The van der Waals surface area contributed by atoms with E-state index >= 15 is 0 Å². The standard InChI is InChI=1S/C25H46NO2.BrH/c1-8-26(9-2,10-3)20-21-28-25(27)19-13-18-24(7)17-12-16-23(6)15-11-14-22(4)5;/h14,16,18H,8-13,15,17,19-21H2,1-7H3;1H/q+1;/p-1. The zero-order chi connectivity index (χ0) is 21.4. The van der Waals surface area contributed by atoms with Crippen molar-refractivity contribution >= 4 is 5.97 Å². The highest BCUT2D eigenvalue weighted by Crippen LogP contribution is 2.12. The third-order valence-corrected chi connectivity index (χ3v) is 5.81. The van der Waals surface area contributed by atoms with Crippen LogP contribution in [0.4, 0.5) is 0 Å². The van der Waals surface area contributed by atoms with Crippen molar-refractivity contribution in [3.63, 3.8) is 0 Å². The Morgan fingerprint density at radius 2 is 1.21 bits per heavy atom. The molecule has 0 atom stereocenters. The molecule has 29 heavy (non-hydrogen) atoms. The second-order valence-corrected chi connectivity index (χ2v) is 8.23. The van der Waals surface area contributed by atoms with Crippen molar-refractivity contribution in [2.24, 2.45) is 0 Å². The maximum absolute atomic E-state index is 12.0. The van der Waals surface area contributed by atoms with E-state index in [0.717, 1.165) is 62.8 Å². The zero-order valence-corrected chi connectivity index (χ0v) is 21.7. The molecule has 0 unspecified atom stereocenters. The normalized spacial score (nSPS) is 12.4. The maximum atomic E-state index is 12.0. The van der Waals surface area contributed by atoms with Gasteiger partial charge in [0, 0.05) is 6.42 Å². The molecule has 4 heteroatoms. The molecule has 0 rings (SSSR count). The molecular formula is C25H46BrNO2. The molecule has 170 valence electrons. The molecule has 0 aromatic rings. The molecule has 0 aliphatic heterocycles. The van der Waals surface area contributed by atoms with E-state index in [1.165, 1.54) is 16.7 Å². The highest BCUT2D eigenvalue weighted by molar-refractivity contribution is 5.69. The minimum absolute atomic E-state index is 0. The first kappa shape index (κ1) is 30.3. The van der Waals surface area contributed by atoms with Crippen LogP contribution in [0.2, 0.25) is 0 Å². The predicted octanol–water partition coefficient (Wildman–Crippen LogP) is 3.61. The minimum Gasteiger partial charge on any atom is -1.00 e. The van der Waals surface area contributed by atoms with Crippen LogP contribution in [-0.2, 0) is 9.53 Å². The van der Waals surface area contributed by atoms with Crippen LogP contribution in [0.5, 0.6) is 0 Å². The molecular weight excluding hydrogens is 426 g/mol. The first-order chi connectivity index (χ1) is 13.3. The number of carbonyl (C=O) groups is 1. The van der Waals surface area contributed by atoms with E-state index in [1.54, 1.807) is 0 Å². The molecule has 0 aliphatic rings. The number of likely N-dealkylation sites (N-methyl/N-ethyl adjacent to an activating group) is 1. The Hall–Kier alpha value is -0.870. The lowest BCUT2D eigenvalue weighted by Gasteiger charge is -2.35. The maximum Gasteiger partial charge on any atom is 0.306 e. The van der Waals surface area contributed by atoms with Crippen molar-refractivity contribution in [2.75, 3.05) is 32.8 Å². The molecule has 0 heterocycles. The van der Waals surface area contributed by atoms with Crippen LogP contribution >= 0.6 is 0 Å². The van der Waals surface area contributed by atoms with Gasteiger partial charge in [-0.1, -0.05) is 34.9 Å². The summed E-state index contributed by atoms with van der Waals surface area (Å²) < 4.78 is 6.48. The molecule has 0 aliphatic carbocycles. The van der Waals surface area contributed by atoms with Gasteiger partial charge in [0.05, 0.1) is 19.6 Å². The van der Waals surface area contributed by atoms with Crippen LogP contribution in [0.3, 0.4) is 0 Å². The number of carbonyl (C=O) groups excluding carboxylic acids is 1. The van der Waals surface area contributed by atoms with Gasteiger partial charge in [-0.05, 0) is 80.6 Å². The van der Waals surface area contributed by atoms with E-state index in [0.29, 0.717) is 13.0 Å². The van der Waals surface area contributed by atoms with E-state index in [9.17, 15) is 4.79 Å². The van der Waals surface area contributed by atoms with E-state index in [1.807, 2.05) is 0 Å². The summed E-state index contributed by atoms with van der Waals surface area (Å²) in [4.78, 5) is 12.0. The SMILES string of the molecule is CC[N+](CC)(CC)CCOC(=O)CCC=C(C)CCC=C(C)CCC=C(C)C.[Br-]. The number of esters is 1. The summed E-state index contributed by atoms with van der Waals surface area (Å²) in [7, 11) is 0. The molecule has 0 aromatic heterocycles. The van der Waals surface area contributed by atoms with Crippen LogP contribution in [0.15, 0.2) is 34.9 Å². The second-order valence-electron chi connectivity index (χ2n) is 8.23. The zero-order valence-electron chi connectivity index (χ0n) is 20.2. The van der Waals surface area contributed by atoms with Crippen molar-refractivity contribution < 1.29 is 31.0 Å². The van der Waals surface area contributed by atoms with Crippen LogP contribution in [0.1, 0.15) is 87.0 Å². The van der Waals surface area contributed by atoms with Crippen molar-refractivity contribution in [2.45, 2.75) is 87.0 Å². The molecule has 0 N–H and O–H groups in total. The van der Waals surface area contributed by atoms with Crippen molar-refractivity contribution in [3.05, 3.63) is 34.9 Å². The summed E-state index contributed by atoms with van der Waals surface area (Å²) in [6, 6.07) is 0. The monoisotopic (exact) mass is 471 g/mol. The molecule has 0 radical (unpaired) electrons. The molecule has 0 spiro atoms. The number of hydrogen-bond donors (Lipinski definition) is 0. The number of allylic oxidation sites excluding steroid dienone is 6. The van der Waals surface area contributed by atoms with Crippen LogP contribution in [0, 0.1) is 0 Å². The smallest absolute Gasteiger partial charge is 0.306 e. The minimum atomic E-state index is -0.0690. The second kappa shape index (κ2) is 17.9. The Morgan fingerprint density at radius 1 is 0.759 bits per heavy atom. The van der Waals surface area contributed by atoms with Gasteiger partial charge in [-0.2, -0.15) is 0 Å². The number of nitrogens with zero attached hydrogens (tertiary/aromatic N) is 1. The highest BCUT2D eigenvalue weighted by Gasteiger charge is 2.20. The van der Waals surface area contributed by atoms with Gasteiger partial charge >= 0.3 is 5.97 Å².